The zero-order chi connectivity index (χ0) is 24.0. The molecule has 1 aromatic heterocycles. The Balaban J connectivity index is 1.55. The van der Waals surface area contributed by atoms with Gasteiger partial charge in [-0.1, -0.05) is 10.7 Å². The molecule has 0 bridgehead atoms. The molecule has 0 radical (unpaired) electrons. The number of nitrogens with one attached hydrogen (secondary N) is 2. The molecule has 176 valence electrons. The third-order valence-electron chi connectivity index (χ3n) is 5.40. The molecule has 1 fully saturated rings. The molecule has 0 spiro atoms. The van der Waals surface area contributed by atoms with Crippen molar-refractivity contribution in [2.24, 2.45) is 0 Å². The van der Waals surface area contributed by atoms with Crippen molar-refractivity contribution in [3.63, 3.8) is 0 Å². The number of carbonyl (C=O) groups is 3. The van der Waals surface area contributed by atoms with Gasteiger partial charge in [0.15, 0.2) is 23.3 Å². The van der Waals surface area contributed by atoms with E-state index in [2.05, 4.69) is 10.0 Å². The molecule has 2 unspecified atom stereocenters. The van der Waals surface area contributed by atoms with Crippen molar-refractivity contribution in [2.45, 2.75) is 43.8 Å². The summed E-state index contributed by atoms with van der Waals surface area (Å²) < 4.78 is 71.8. The molecule has 0 saturated carbocycles. The van der Waals surface area contributed by atoms with Crippen LogP contribution in [0.15, 0.2) is 10.3 Å². The number of benzene rings is 1. The fraction of sp³-hybridized carbons (Fsp3) is 0.300. The van der Waals surface area contributed by atoms with Crippen molar-refractivity contribution in [3.05, 3.63) is 50.5 Å². The van der Waals surface area contributed by atoms with Gasteiger partial charge in [0, 0.05) is 29.8 Å². The molecule has 13 heteroatoms. The molecule has 33 heavy (non-hydrogen) atoms. The lowest BCUT2D eigenvalue weighted by atomic mass is 10.0. The molecule has 2 aromatic rings. The molecule has 3 amide bonds. The number of halogens is 5. The van der Waals surface area contributed by atoms with Crippen LogP contribution in [0.2, 0.25) is 0 Å². The maximum atomic E-state index is 14.2. The lowest BCUT2D eigenvalue weighted by molar-refractivity contribution is -0.136. The summed E-state index contributed by atoms with van der Waals surface area (Å²) in [6, 6.07) is -0.791. The Morgan fingerprint density at radius 3 is 2.36 bits per heavy atom. The second kappa shape index (κ2) is 8.95. The van der Waals surface area contributed by atoms with E-state index < -0.39 is 62.5 Å². The largest absolute Gasteiger partial charge is 0.322 e. The van der Waals surface area contributed by atoms with Crippen LogP contribution in [0.4, 0.5) is 22.0 Å². The van der Waals surface area contributed by atoms with E-state index in [1.807, 2.05) is 0 Å². The van der Waals surface area contributed by atoms with Crippen LogP contribution in [-0.4, -0.2) is 34.0 Å². The van der Waals surface area contributed by atoms with E-state index in [0.29, 0.717) is 16.0 Å². The van der Waals surface area contributed by atoms with Gasteiger partial charge >= 0.3 is 0 Å². The lowest BCUT2D eigenvalue weighted by Crippen LogP contribution is -2.52. The Morgan fingerprint density at radius 2 is 1.76 bits per heavy atom. The molecule has 3 heterocycles. The maximum absolute atomic E-state index is 14.2. The van der Waals surface area contributed by atoms with Gasteiger partial charge in [-0.3, -0.25) is 24.4 Å². The number of thiophene rings is 1. The minimum absolute atomic E-state index is 0.0105. The van der Waals surface area contributed by atoms with Crippen LogP contribution in [0.1, 0.15) is 40.6 Å². The number of carbonyl (C=O) groups excluding carboxylic acids is 3. The highest BCUT2D eigenvalue weighted by atomic mass is 32.2. The van der Waals surface area contributed by atoms with E-state index in [-0.39, 0.29) is 31.8 Å². The Labute approximate surface area is 190 Å². The van der Waals surface area contributed by atoms with E-state index in [1.165, 1.54) is 28.5 Å². The molecule has 0 aliphatic carbocycles. The van der Waals surface area contributed by atoms with Crippen LogP contribution in [0.25, 0.3) is 0 Å². The smallest absolute Gasteiger partial charge is 0.256 e. The first-order chi connectivity index (χ1) is 15.6. The van der Waals surface area contributed by atoms with Gasteiger partial charge in [0.25, 0.3) is 5.91 Å². The van der Waals surface area contributed by atoms with Gasteiger partial charge in [0.1, 0.15) is 6.04 Å². The van der Waals surface area contributed by atoms with Gasteiger partial charge in [-0.15, -0.1) is 11.3 Å². The van der Waals surface area contributed by atoms with Gasteiger partial charge in [0.05, 0.1) is 10.5 Å². The van der Waals surface area contributed by atoms with Gasteiger partial charge in [-0.05, 0) is 24.3 Å². The van der Waals surface area contributed by atoms with Crippen molar-refractivity contribution >= 4 is 45.1 Å². The molecule has 4 rings (SSSR count). The average molecular weight is 505 g/mol. The molecule has 2 aliphatic heterocycles. The minimum Gasteiger partial charge on any atom is -0.322 e. The third kappa shape index (κ3) is 3.97. The van der Waals surface area contributed by atoms with Crippen molar-refractivity contribution in [1.82, 2.24) is 14.9 Å². The topological polar surface area (TPSA) is 78.5 Å². The summed E-state index contributed by atoms with van der Waals surface area (Å²) in [6.07, 6.45) is 0.310. The highest BCUT2D eigenvalue weighted by Crippen LogP contribution is 2.36. The molecule has 1 aromatic carbocycles. The quantitative estimate of drug-likeness (QED) is 0.215. The number of fused-ring (bicyclic) bond motifs is 1. The van der Waals surface area contributed by atoms with Crippen molar-refractivity contribution < 1.29 is 36.3 Å². The summed E-state index contributed by atoms with van der Waals surface area (Å²) in [7, 11) is -1.62. The first-order valence-corrected chi connectivity index (χ1v) is 11.8. The molecular weight excluding hydrogens is 489 g/mol. The standard InChI is InChI=1S/C20H16F5N3O3S2/c1-2-33(18-16(24)14(22)13(21)15(23)17(18)25)26-5-11-8-6-28(20(31)9(8)7-32-11)10-3-4-12(29)27-19(10)30/h2,7,10,26H,3-6H2,1H3,(H,27,29,30). The second-order valence-corrected chi connectivity index (χ2v) is 10.1. The Bertz CT molecular complexity index is 1200. The van der Waals surface area contributed by atoms with E-state index in [4.69, 9.17) is 0 Å². The van der Waals surface area contributed by atoms with Crippen LogP contribution >= 0.6 is 22.0 Å². The van der Waals surface area contributed by atoms with Crippen LogP contribution in [0, 0.1) is 29.1 Å². The minimum atomic E-state index is -2.23. The summed E-state index contributed by atoms with van der Waals surface area (Å²) in [6.45, 7) is 1.51. The number of rotatable bonds is 5. The van der Waals surface area contributed by atoms with Gasteiger partial charge in [-0.2, -0.15) is 0 Å². The van der Waals surface area contributed by atoms with E-state index in [9.17, 15) is 36.3 Å². The summed E-state index contributed by atoms with van der Waals surface area (Å²) in [5.74, 6) is -11.4. The number of nitrogens with zero attached hydrogens (tertiary/aromatic N) is 1. The van der Waals surface area contributed by atoms with Crippen molar-refractivity contribution in [1.29, 1.82) is 0 Å². The monoisotopic (exact) mass is 505 g/mol. The molecule has 2 atom stereocenters. The van der Waals surface area contributed by atoms with Crippen molar-refractivity contribution in [2.75, 3.05) is 0 Å². The number of piperidine rings is 1. The summed E-state index contributed by atoms with van der Waals surface area (Å²) in [5.41, 5.74) is 0.984. The predicted octanol–water partition coefficient (Wildman–Crippen LogP) is 3.36. The number of amides is 3. The van der Waals surface area contributed by atoms with Gasteiger partial charge in [-0.25, -0.2) is 22.0 Å². The number of imide groups is 1. The van der Waals surface area contributed by atoms with E-state index >= 15 is 0 Å². The normalized spacial score (nSPS) is 19.3. The zero-order valence-corrected chi connectivity index (χ0v) is 18.6. The first-order valence-electron chi connectivity index (χ1n) is 9.67. The first kappa shape index (κ1) is 23.5. The molecule has 1 saturated heterocycles. The number of hydrogen-bond acceptors (Lipinski definition) is 5. The Kier molecular flexibility index (Phi) is 6.38. The molecule has 2 aliphatic rings. The van der Waals surface area contributed by atoms with Gasteiger partial charge in [0.2, 0.25) is 17.6 Å². The summed E-state index contributed by atoms with van der Waals surface area (Å²) in [5, 5.41) is 5.08. The van der Waals surface area contributed by atoms with Crippen LogP contribution in [0.5, 0.6) is 0 Å². The average Bonchev–Trinajstić information content (AvgIpc) is 3.33. The summed E-state index contributed by atoms with van der Waals surface area (Å²) in [4.78, 5) is 37.3. The van der Waals surface area contributed by atoms with E-state index in [0.717, 1.165) is 0 Å². The van der Waals surface area contributed by atoms with Crippen molar-refractivity contribution in [3.8, 4) is 0 Å². The zero-order valence-electron chi connectivity index (χ0n) is 16.9. The van der Waals surface area contributed by atoms with Crippen LogP contribution < -0.4 is 10.0 Å². The maximum Gasteiger partial charge on any atom is 0.256 e. The SMILES string of the molecule is C/C=S(/NCc1scc2c1CN(C1CCC(=O)NC1=O)C2=O)c1c(F)c(F)c(F)c(F)c1F. The summed E-state index contributed by atoms with van der Waals surface area (Å²) >= 11 is 1.20. The molecule has 2 N–H and O–H groups in total. The lowest BCUT2D eigenvalue weighted by Gasteiger charge is -2.29. The fourth-order valence-electron chi connectivity index (χ4n) is 3.75. The van der Waals surface area contributed by atoms with Crippen LogP contribution in [-0.2, 0) is 22.7 Å². The fourth-order valence-corrected chi connectivity index (χ4v) is 6.23. The Hall–Kier alpha value is -2.64. The highest BCUT2D eigenvalue weighted by Gasteiger charge is 2.40. The second-order valence-electron chi connectivity index (χ2n) is 7.24. The number of hydrogen-bond donors (Lipinski definition) is 2. The Morgan fingerprint density at radius 1 is 1.12 bits per heavy atom. The highest BCUT2D eigenvalue weighted by molar-refractivity contribution is 8.13. The van der Waals surface area contributed by atoms with Crippen LogP contribution in [0.3, 0.4) is 0 Å². The molecular formula is C20H16F5N3O3S2. The van der Waals surface area contributed by atoms with E-state index in [1.54, 1.807) is 5.38 Å². The van der Waals surface area contributed by atoms with Gasteiger partial charge < -0.3 is 4.90 Å². The third-order valence-corrected chi connectivity index (χ3v) is 8.15. The predicted molar refractivity (Wildman–Crippen MR) is 111 cm³/mol. The molecule has 6 nitrogen and oxygen atoms in total.